The van der Waals surface area contributed by atoms with E-state index in [0.29, 0.717) is 25.1 Å². The SMILES string of the molecule is O=C1Cc2cc(C(=O)N3CCN(c4nnc(-c5cccs5)s4)CC3)ccc2N1. The van der Waals surface area contributed by atoms with Crippen molar-refractivity contribution < 1.29 is 9.59 Å². The molecule has 0 spiro atoms. The lowest BCUT2D eigenvalue weighted by atomic mass is 10.1. The number of fused-ring (bicyclic) bond motifs is 1. The van der Waals surface area contributed by atoms with Crippen molar-refractivity contribution in [3.63, 3.8) is 0 Å². The molecule has 28 heavy (non-hydrogen) atoms. The van der Waals surface area contributed by atoms with Crippen LogP contribution in [0.15, 0.2) is 35.7 Å². The minimum atomic E-state index is -0.0211. The number of piperazine rings is 1. The number of hydrogen-bond acceptors (Lipinski definition) is 7. The number of nitrogens with zero attached hydrogens (tertiary/aromatic N) is 4. The fourth-order valence-electron chi connectivity index (χ4n) is 3.49. The van der Waals surface area contributed by atoms with Crippen molar-refractivity contribution in [3.05, 3.63) is 46.8 Å². The standard InChI is InChI=1S/C19H17N5O2S2/c25-16-11-13-10-12(3-4-14(13)20-16)18(26)23-5-7-24(8-6-23)19-22-21-17(28-19)15-2-1-9-27-15/h1-4,9-10H,5-8,11H2,(H,20,25). The van der Waals surface area contributed by atoms with Gasteiger partial charge in [0.15, 0.2) is 5.01 Å². The van der Waals surface area contributed by atoms with Crippen LogP contribution < -0.4 is 10.2 Å². The number of carbonyl (C=O) groups is 2. The molecule has 2 aliphatic heterocycles. The Morgan fingerprint density at radius 2 is 1.96 bits per heavy atom. The summed E-state index contributed by atoms with van der Waals surface area (Å²) in [6.45, 7) is 2.74. The lowest BCUT2D eigenvalue weighted by molar-refractivity contribution is -0.115. The predicted octanol–water partition coefficient (Wildman–Crippen LogP) is 2.72. The highest BCUT2D eigenvalue weighted by molar-refractivity contribution is 7.22. The molecule has 142 valence electrons. The Hall–Kier alpha value is -2.78. The van der Waals surface area contributed by atoms with Gasteiger partial charge in [-0.3, -0.25) is 9.59 Å². The molecule has 0 atom stereocenters. The van der Waals surface area contributed by atoms with Crippen LogP contribution >= 0.6 is 22.7 Å². The molecule has 1 aromatic carbocycles. The predicted molar refractivity (Wildman–Crippen MR) is 110 cm³/mol. The summed E-state index contributed by atoms with van der Waals surface area (Å²) in [6, 6.07) is 9.50. The second kappa shape index (κ2) is 6.99. The molecule has 5 rings (SSSR count). The third-order valence-electron chi connectivity index (χ3n) is 4.96. The molecule has 0 aliphatic carbocycles. The highest BCUT2D eigenvalue weighted by Crippen LogP contribution is 2.32. The first-order chi connectivity index (χ1) is 13.7. The maximum atomic E-state index is 12.9. The second-order valence-electron chi connectivity index (χ2n) is 6.74. The van der Waals surface area contributed by atoms with Gasteiger partial charge in [0, 0.05) is 37.4 Å². The number of nitrogens with one attached hydrogen (secondary N) is 1. The van der Waals surface area contributed by atoms with Crippen LogP contribution in [0.5, 0.6) is 0 Å². The van der Waals surface area contributed by atoms with Crippen LogP contribution in [0, 0.1) is 0 Å². The van der Waals surface area contributed by atoms with Gasteiger partial charge in [-0.1, -0.05) is 17.4 Å². The Morgan fingerprint density at radius 3 is 2.75 bits per heavy atom. The highest BCUT2D eigenvalue weighted by Gasteiger charge is 2.26. The minimum Gasteiger partial charge on any atom is -0.343 e. The zero-order valence-corrected chi connectivity index (χ0v) is 16.6. The minimum absolute atomic E-state index is 0.0123. The summed E-state index contributed by atoms with van der Waals surface area (Å²) in [5, 5.41) is 15.3. The molecule has 2 amide bonds. The molecule has 0 bridgehead atoms. The van der Waals surface area contributed by atoms with Crippen LogP contribution in [0.3, 0.4) is 0 Å². The molecule has 2 aromatic heterocycles. The number of aromatic nitrogens is 2. The van der Waals surface area contributed by atoms with Crippen LogP contribution in [0.1, 0.15) is 15.9 Å². The van der Waals surface area contributed by atoms with Crippen LogP contribution in [0.25, 0.3) is 9.88 Å². The van der Waals surface area contributed by atoms with Crippen LogP contribution in [0.4, 0.5) is 10.8 Å². The van der Waals surface area contributed by atoms with E-state index in [2.05, 4.69) is 20.4 Å². The summed E-state index contributed by atoms with van der Waals surface area (Å²) in [5.41, 5.74) is 2.34. The Kier molecular flexibility index (Phi) is 4.33. The number of anilines is 2. The number of hydrogen-bond donors (Lipinski definition) is 1. The topological polar surface area (TPSA) is 78.4 Å². The summed E-state index contributed by atoms with van der Waals surface area (Å²) < 4.78 is 0. The highest BCUT2D eigenvalue weighted by atomic mass is 32.1. The Balaban J connectivity index is 1.24. The van der Waals surface area contributed by atoms with E-state index in [1.165, 1.54) is 0 Å². The first-order valence-corrected chi connectivity index (χ1v) is 10.7. The number of amides is 2. The molecule has 7 nitrogen and oxygen atoms in total. The molecule has 9 heteroatoms. The first-order valence-electron chi connectivity index (χ1n) is 9.02. The molecule has 2 aliphatic rings. The van der Waals surface area contributed by atoms with Gasteiger partial charge in [-0.2, -0.15) is 0 Å². The fraction of sp³-hybridized carbons (Fsp3) is 0.263. The molecular formula is C19H17N5O2S2. The number of carbonyl (C=O) groups excluding carboxylic acids is 2. The lowest BCUT2D eigenvalue weighted by Gasteiger charge is -2.34. The van der Waals surface area contributed by atoms with Crippen molar-refractivity contribution in [2.45, 2.75) is 6.42 Å². The molecule has 4 heterocycles. The first kappa shape index (κ1) is 17.3. The Labute approximate surface area is 169 Å². The molecule has 1 fully saturated rings. The van der Waals surface area contributed by atoms with Crippen molar-refractivity contribution >= 4 is 45.3 Å². The molecule has 1 N–H and O–H groups in total. The molecule has 3 aromatic rings. The lowest BCUT2D eigenvalue weighted by Crippen LogP contribution is -2.48. The van der Waals surface area contributed by atoms with Gasteiger partial charge >= 0.3 is 0 Å². The van der Waals surface area contributed by atoms with Gasteiger partial charge in [0.1, 0.15) is 0 Å². The van der Waals surface area contributed by atoms with Crippen molar-refractivity contribution in [2.75, 3.05) is 36.4 Å². The van der Waals surface area contributed by atoms with Gasteiger partial charge in [0.2, 0.25) is 11.0 Å². The Bertz CT molecular complexity index is 1040. The van der Waals surface area contributed by atoms with E-state index in [1.807, 2.05) is 34.5 Å². The zero-order chi connectivity index (χ0) is 19.1. The van der Waals surface area contributed by atoms with E-state index in [4.69, 9.17) is 0 Å². The van der Waals surface area contributed by atoms with Crippen LogP contribution in [-0.2, 0) is 11.2 Å². The average Bonchev–Trinajstić information content (AvgIpc) is 3.46. The van der Waals surface area contributed by atoms with Crippen molar-refractivity contribution in [3.8, 4) is 9.88 Å². The number of thiophene rings is 1. The quantitative estimate of drug-likeness (QED) is 0.717. The van der Waals surface area contributed by atoms with Gasteiger partial charge in [-0.15, -0.1) is 21.5 Å². The third kappa shape index (κ3) is 3.16. The average molecular weight is 412 g/mol. The number of rotatable bonds is 3. The fourth-order valence-corrected chi connectivity index (χ4v) is 5.18. The monoisotopic (exact) mass is 411 g/mol. The van der Waals surface area contributed by atoms with E-state index >= 15 is 0 Å². The van der Waals surface area contributed by atoms with Crippen molar-refractivity contribution in [1.29, 1.82) is 0 Å². The molecule has 0 saturated carbocycles. The van der Waals surface area contributed by atoms with Gasteiger partial charge in [-0.05, 0) is 35.2 Å². The summed E-state index contributed by atoms with van der Waals surface area (Å²) >= 11 is 3.25. The van der Waals surface area contributed by atoms with Crippen LogP contribution in [-0.4, -0.2) is 53.1 Å². The largest absolute Gasteiger partial charge is 0.343 e. The normalized spacial score (nSPS) is 16.2. The summed E-state index contributed by atoms with van der Waals surface area (Å²) in [5.74, 6) is -0.00877. The van der Waals surface area contributed by atoms with E-state index in [9.17, 15) is 9.59 Å². The maximum absolute atomic E-state index is 12.9. The van der Waals surface area contributed by atoms with Crippen molar-refractivity contribution in [1.82, 2.24) is 15.1 Å². The molecule has 0 unspecified atom stereocenters. The van der Waals surface area contributed by atoms with E-state index in [0.717, 1.165) is 39.4 Å². The summed E-state index contributed by atoms with van der Waals surface area (Å²) in [4.78, 5) is 29.5. The third-order valence-corrected chi connectivity index (χ3v) is 6.98. The van der Waals surface area contributed by atoms with E-state index < -0.39 is 0 Å². The Morgan fingerprint density at radius 1 is 1.11 bits per heavy atom. The van der Waals surface area contributed by atoms with Gasteiger partial charge in [-0.25, -0.2) is 0 Å². The summed E-state index contributed by atoms with van der Waals surface area (Å²) in [7, 11) is 0. The summed E-state index contributed by atoms with van der Waals surface area (Å²) in [6.07, 6.45) is 0.341. The molecule has 0 radical (unpaired) electrons. The van der Waals surface area contributed by atoms with Gasteiger partial charge in [0.25, 0.3) is 5.91 Å². The number of benzene rings is 1. The second-order valence-corrected chi connectivity index (χ2v) is 8.65. The van der Waals surface area contributed by atoms with E-state index in [1.54, 1.807) is 28.7 Å². The zero-order valence-electron chi connectivity index (χ0n) is 14.9. The molecule has 1 saturated heterocycles. The molecular weight excluding hydrogens is 394 g/mol. The smallest absolute Gasteiger partial charge is 0.253 e. The van der Waals surface area contributed by atoms with Gasteiger partial charge < -0.3 is 15.1 Å². The van der Waals surface area contributed by atoms with Gasteiger partial charge in [0.05, 0.1) is 11.3 Å². The maximum Gasteiger partial charge on any atom is 0.253 e. The van der Waals surface area contributed by atoms with Crippen LogP contribution in [0.2, 0.25) is 0 Å². The van der Waals surface area contributed by atoms with Crippen molar-refractivity contribution in [2.24, 2.45) is 0 Å². The van der Waals surface area contributed by atoms with E-state index in [-0.39, 0.29) is 11.8 Å².